The van der Waals surface area contributed by atoms with Crippen molar-refractivity contribution < 1.29 is 19.2 Å². The molecule has 1 aliphatic rings. The number of imide groups is 1. The maximum atomic E-state index is 12.3. The molecular weight excluding hydrogens is 356 g/mol. The van der Waals surface area contributed by atoms with E-state index in [1.54, 1.807) is 30.3 Å². The van der Waals surface area contributed by atoms with Gasteiger partial charge in [-0.15, -0.1) is 0 Å². The molecule has 1 N–H and O–H groups in total. The highest BCUT2D eigenvalue weighted by atomic mass is 35.5. The zero-order valence-electron chi connectivity index (χ0n) is 13.9. The lowest BCUT2D eigenvalue weighted by molar-refractivity contribution is -0.116. The van der Waals surface area contributed by atoms with Crippen molar-refractivity contribution in [3.05, 3.63) is 64.2 Å². The quantitative estimate of drug-likeness (QED) is 0.647. The van der Waals surface area contributed by atoms with Crippen LogP contribution in [-0.2, 0) is 4.79 Å². The number of anilines is 1. The monoisotopic (exact) mass is 370 g/mol. The standard InChI is InChI=1S/C19H15ClN2O4/c1-11(23)12-3-2-4-14(9-12)21-17(24)7-8-22-18(25)15-6-5-13(20)10-16(15)19(22)26/h2-6,9-10H,7-8H2,1H3,(H,21,24). The zero-order valence-corrected chi connectivity index (χ0v) is 14.7. The minimum atomic E-state index is -0.459. The number of rotatable bonds is 5. The highest BCUT2D eigenvalue weighted by Gasteiger charge is 2.35. The smallest absolute Gasteiger partial charge is 0.261 e. The average molecular weight is 371 g/mol. The van der Waals surface area contributed by atoms with E-state index < -0.39 is 11.8 Å². The van der Waals surface area contributed by atoms with Crippen LogP contribution < -0.4 is 5.32 Å². The Morgan fingerprint density at radius 2 is 1.77 bits per heavy atom. The summed E-state index contributed by atoms with van der Waals surface area (Å²) in [5, 5.41) is 3.03. The molecule has 0 aromatic heterocycles. The second-order valence-corrected chi connectivity index (χ2v) is 6.32. The van der Waals surface area contributed by atoms with E-state index in [1.165, 1.54) is 19.1 Å². The van der Waals surface area contributed by atoms with Gasteiger partial charge in [0, 0.05) is 29.2 Å². The van der Waals surface area contributed by atoms with Crippen LogP contribution in [0.15, 0.2) is 42.5 Å². The van der Waals surface area contributed by atoms with Crippen molar-refractivity contribution in [2.75, 3.05) is 11.9 Å². The molecule has 26 heavy (non-hydrogen) atoms. The van der Waals surface area contributed by atoms with Gasteiger partial charge in [-0.1, -0.05) is 23.7 Å². The molecule has 1 aliphatic heterocycles. The van der Waals surface area contributed by atoms with Crippen LogP contribution in [0.4, 0.5) is 5.69 Å². The average Bonchev–Trinajstić information content (AvgIpc) is 2.83. The van der Waals surface area contributed by atoms with Crippen molar-refractivity contribution in [2.24, 2.45) is 0 Å². The Kier molecular flexibility index (Phi) is 4.86. The van der Waals surface area contributed by atoms with Gasteiger partial charge < -0.3 is 5.32 Å². The lowest BCUT2D eigenvalue weighted by atomic mass is 10.1. The summed E-state index contributed by atoms with van der Waals surface area (Å²) in [6.07, 6.45) is -0.0521. The molecule has 0 saturated carbocycles. The summed E-state index contributed by atoms with van der Waals surface area (Å²) < 4.78 is 0. The fourth-order valence-electron chi connectivity index (χ4n) is 2.72. The van der Waals surface area contributed by atoms with Crippen molar-refractivity contribution in [1.82, 2.24) is 4.90 Å². The highest BCUT2D eigenvalue weighted by molar-refractivity contribution is 6.32. The molecule has 0 aliphatic carbocycles. The van der Waals surface area contributed by atoms with Crippen LogP contribution in [0.25, 0.3) is 0 Å². The van der Waals surface area contributed by atoms with Crippen LogP contribution in [0.2, 0.25) is 5.02 Å². The van der Waals surface area contributed by atoms with Crippen LogP contribution in [0.3, 0.4) is 0 Å². The molecule has 2 aromatic rings. The molecule has 3 rings (SSSR count). The summed E-state index contributed by atoms with van der Waals surface area (Å²) in [5.74, 6) is -1.36. The van der Waals surface area contributed by atoms with E-state index in [0.717, 1.165) is 4.90 Å². The number of halogens is 1. The van der Waals surface area contributed by atoms with Gasteiger partial charge in [0.1, 0.15) is 0 Å². The first-order chi connectivity index (χ1) is 12.4. The number of amides is 3. The van der Waals surface area contributed by atoms with Crippen molar-refractivity contribution in [3.8, 4) is 0 Å². The van der Waals surface area contributed by atoms with Gasteiger partial charge in [0.05, 0.1) is 11.1 Å². The summed E-state index contributed by atoms with van der Waals surface area (Å²) in [4.78, 5) is 49.2. The van der Waals surface area contributed by atoms with Gasteiger partial charge in [-0.05, 0) is 37.3 Å². The lowest BCUT2D eigenvalue weighted by Crippen LogP contribution is -2.32. The molecule has 6 nitrogen and oxygen atoms in total. The van der Waals surface area contributed by atoms with Crippen molar-refractivity contribution >= 4 is 40.8 Å². The predicted octanol–water partition coefficient (Wildman–Crippen LogP) is 3.17. The summed E-state index contributed by atoms with van der Waals surface area (Å²) >= 11 is 5.87. The van der Waals surface area contributed by atoms with Crippen LogP contribution in [0.1, 0.15) is 44.4 Å². The third kappa shape index (κ3) is 3.50. The van der Waals surface area contributed by atoms with Gasteiger partial charge in [0.15, 0.2) is 5.78 Å². The molecule has 0 unspecified atom stereocenters. The summed E-state index contributed by atoms with van der Waals surface area (Å²) in [6, 6.07) is 11.1. The van der Waals surface area contributed by atoms with Crippen LogP contribution in [-0.4, -0.2) is 34.9 Å². The van der Waals surface area contributed by atoms with Gasteiger partial charge in [0.25, 0.3) is 11.8 Å². The van der Waals surface area contributed by atoms with E-state index in [9.17, 15) is 19.2 Å². The molecule has 132 valence electrons. The Morgan fingerprint density at radius 3 is 2.50 bits per heavy atom. The van der Waals surface area contributed by atoms with E-state index in [2.05, 4.69) is 5.32 Å². The summed E-state index contributed by atoms with van der Waals surface area (Å²) in [7, 11) is 0. The number of carbonyl (C=O) groups is 4. The second-order valence-electron chi connectivity index (χ2n) is 5.89. The fraction of sp³-hybridized carbons (Fsp3) is 0.158. The Labute approximate surface area is 154 Å². The third-order valence-corrected chi connectivity index (χ3v) is 4.28. The number of hydrogen-bond acceptors (Lipinski definition) is 4. The number of ketones is 1. The second kappa shape index (κ2) is 7.09. The third-order valence-electron chi connectivity index (χ3n) is 4.05. The number of hydrogen-bond donors (Lipinski definition) is 1. The molecule has 7 heteroatoms. The molecule has 0 bridgehead atoms. The molecule has 0 spiro atoms. The van der Waals surface area contributed by atoms with Gasteiger partial charge in [-0.25, -0.2) is 0 Å². The van der Waals surface area contributed by atoms with Crippen LogP contribution in [0.5, 0.6) is 0 Å². The minimum absolute atomic E-state index is 0.0395. The van der Waals surface area contributed by atoms with E-state index in [1.807, 2.05) is 0 Å². The lowest BCUT2D eigenvalue weighted by Gasteiger charge is -2.13. The normalized spacial score (nSPS) is 12.9. The number of nitrogens with zero attached hydrogens (tertiary/aromatic N) is 1. The number of benzene rings is 2. The molecule has 0 saturated heterocycles. The van der Waals surface area contributed by atoms with E-state index in [4.69, 9.17) is 11.6 Å². The maximum absolute atomic E-state index is 12.3. The van der Waals surface area contributed by atoms with Gasteiger partial charge >= 0.3 is 0 Å². The van der Waals surface area contributed by atoms with Gasteiger partial charge in [-0.3, -0.25) is 24.1 Å². The Bertz CT molecular complexity index is 939. The molecule has 0 radical (unpaired) electrons. The predicted molar refractivity (Wildman–Crippen MR) is 96.5 cm³/mol. The summed E-state index contributed by atoms with van der Waals surface area (Å²) in [6.45, 7) is 1.40. The molecular formula is C19H15ClN2O4. The van der Waals surface area contributed by atoms with E-state index in [-0.39, 0.29) is 35.8 Å². The SMILES string of the molecule is CC(=O)c1cccc(NC(=O)CCN2C(=O)c3ccc(Cl)cc3C2=O)c1. The number of nitrogens with one attached hydrogen (secondary N) is 1. The Balaban J connectivity index is 1.64. The topological polar surface area (TPSA) is 83.6 Å². The Morgan fingerprint density at radius 1 is 1.04 bits per heavy atom. The molecule has 0 atom stereocenters. The summed E-state index contributed by atoms with van der Waals surface area (Å²) in [5.41, 5.74) is 1.50. The minimum Gasteiger partial charge on any atom is -0.326 e. The first kappa shape index (κ1) is 17.8. The zero-order chi connectivity index (χ0) is 18.8. The Hall–Kier alpha value is -2.99. The first-order valence-electron chi connectivity index (χ1n) is 7.93. The molecule has 3 amide bonds. The van der Waals surface area contributed by atoms with Gasteiger partial charge in [0.2, 0.25) is 5.91 Å². The fourth-order valence-corrected chi connectivity index (χ4v) is 2.89. The number of carbonyl (C=O) groups excluding carboxylic acids is 4. The van der Waals surface area contributed by atoms with Crippen molar-refractivity contribution in [1.29, 1.82) is 0 Å². The van der Waals surface area contributed by atoms with Gasteiger partial charge in [-0.2, -0.15) is 0 Å². The van der Waals surface area contributed by atoms with Crippen LogP contribution in [0, 0.1) is 0 Å². The van der Waals surface area contributed by atoms with Crippen molar-refractivity contribution in [2.45, 2.75) is 13.3 Å². The molecule has 2 aromatic carbocycles. The van der Waals surface area contributed by atoms with Crippen molar-refractivity contribution in [3.63, 3.8) is 0 Å². The molecule has 1 heterocycles. The largest absolute Gasteiger partial charge is 0.326 e. The number of fused-ring (bicyclic) bond motifs is 1. The highest BCUT2D eigenvalue weighted by Crippen LogP contribution is 2.26. The first-order valence-corrected chi connectivity index (χ1v) is 8.31. The maximum Gasteiger partial charge on any atom is 0.261 e. The van der Waals surface area contributed by atoms with Crippen LogP contribution >= 0.6 is 11.6 Å². The van der Waals surface area contributed by atoms with E-state index >= 15 is 0 Å². The number of Topliss-reactive ketones (excluding diaryl/α,β-unsaturated/α-hetero) is 1. The molecule has 0 fully saturated rings. The van der Waals surface area contributed by atoms with E-state index in [0.29, 0.717) is 16.3 Å².